The molecule has 0 saturated heterocycles. The van der Waals surface area contributed by atoms with Crippen LogP contribution < -0.4 is 9.47 Å². The summed E-state index contributed by atoms with van der Waals surface area (Å²) >= 11 is 0. The van der Waals surface area contributed by atoms with Crippen LogP contribution in [-0.4, -0.2) is 25.9 Å². The Kier molecular flexibility index (Phi) is 4.43. The number of aliphatic hydroxyl groups is 1. The summed E-state index contributed by atoms with van der Waals surface area (Å²) in [6, 6.07) is 5.75. The lowest BCUT2D eigenvalue weighted by molar-refractivity contribution is 0.262. The number of aliphatic hydroxyl groups excluding tert-OH is 1. The van der Waals surface area contributed by atoms with Crippen molar-refractivity contribution in [2.45, 2.75) is 19.3 Å². The molecule has 0 spiro atoms. The largest absolute Gasteiger partial charge is 0.493 e. The Hall–Kier alpha value is -1.22. The zero-order valence-electron chi connectivity index (χ0n) is 9.49. The molecule has 1 atom stereocenters. The van der Waals surface area contributed by atoms with Crippen LogP contribution in [-0.2, 0) is 0 Å². The molecule has 1 N–H and O–H groups in total. The number of hydrogen-bond acceptors (Lipinski definition) is 3. The van der Waals surface area contributed by atoms with Crippen molar-refractivity contribution in [3.63, 3.8) is 0 Å². The van der Waals surface area contributed by atoms with Crippen molar-refractivity contribution in [1.82, 2.24) is 0 Å². The average molecular weight is 210 g/mol. The SMILES string of the molecule is CCC(CO)c1ccc(OC)c(OC)c1. The summed E-state index contributed by atoms with van der Waals surface area (Å²) < 4.78 is 10.4. The van der Waals surface area contributed by atoms with E-state index in [1.807, 2.05) is 18.2 Å². The maximum Gasteiger partial charge on any atom is 0.160 e. The molecule has 15 heavy (non-hydrogen) atoms. The van der Waals surface area contributed by atoms with Crippen molar-refractivity contribution in [3.8, 4) is 11.5 Å². The number of ether oxygens (including phenoxy) is 2. The topological polar surface area (TPSA) is 38.7 Å². The van der Waals surface area contributed by atoms with E-state index in [9.17, 15) is 5.11 Å². The third-order valence-corrected chi connectivity index (χ3v) is 2.59. The smallest absolute Gasteiger partial charge is 0.160 e. The molecule has 0 amide bonds. The molecule has 3 heteroatoms. The zero-order valence-corrected chi connectivity index (χ0v) is 9.49. The molecule has 1 aromatic rings. The van der Waals surface area contributed by atoms with Gasteiger partial charge in [0.25, 0.3) is 0 Å². The van der Waals surface area contributed by atoms with Gasteiger partial charge in [0, 0.05) is 12.5 Å². The molecule has 0 aliphatic heterocycles. The standard InChI is InChI=1S/C12H18O3/c1-4-9(8-13)10-5-6-11(14-2)12(7-10)15-3/h5-7,9,13H,4,8H2,1-3H3. The van der Waals surface area contributed by atoms with E-state index in [4.69, 9.17) is 9.47 Å². The van der Waals surface area contributed by atoms with Crippen molar-refractivity contribution in [1.29, 1.82) is 0 Å². The normalized spacial score (nSPS) is 12.3. The molecule has 0 radical (unpaired) electrons. The molecule has 1 unspecified atom stereocenters. The van der Waals surface area contributed by atoms with E-state index in [0.717, 1.165) is 12.0 Å². The first-order valence-corrected chi connectivity index (χ1v) is 5.09. The molecular formula is C12H18O3. The van der Waals surface area contributed by atoms with E-state index in [2.05, 4.69) is 6.92 Å². The maximum atomic E-state index is 9.20. The van der Waals surface area contributed by atoms with Crippen LogP contribution in [0.3, 0.4) is 0 Å². The average Bonchev–Trinajstić information content (AvgIpc) is 2.30. The van der Waals surface area contributed by atoms with Gasteiger partial charge in [0.05, 0.1) is 14.2 Å². The second-order valence-corrected chi connectivity index (χ2v) is 3.40. The highest BCUT2D eigenvalue weighted by Crippen LogP contribution is 2.31. The number of rotatable bonds is 5. The second kappa shape index (κ2) is 5.61. The zero-order chi connectivity index (χ0) is 11.3. The molecule has 0 bridgehead atoms. The fourth-order valence-corrected chi connectivity index (χ4v) is 1.58. The summed E-state index contributed by atoms with van der Waals surface area (Å²) in [5.74, 6) is 1.60. The molecule has 0 fully saturated rings. The van der Waals surface area contributed by atoms with Gasteiger partial charge in [-0.15, -0.1) is 0 Å². The van der Waals surface area contributed by atoms with Crippen molar-refractivity contribution in [3.05, 3.63) is 23.8 Å². The molecule has 84 valence electrons. The van der Waals surface area contributed by atoms with Crippen LogP contribution in [0, 0.1) is 0 Å². The van der Waals surface area contributed by atoms with Crippen LogP contribution in [0.2, 0.25) is 0 Å². The van der Waals surface area contributed by atoms with Gasteiger partial charge < -0.3 is 14.6 Å². The highest BCUT2D eigenvalue weighted by atomic mass is 16.5. The van der Waals surface area contributed by atoms with Gasteiger partial charge in [0.15, 0.2) is 11.5 Å². The van der Waals surface area contributed by atoms with Crippen LogP contribution in [0.5, 0.6) is 11.5 Å². The van der Waals surface area contributed by atoms with Crippen molar-refractivity contribution < 1.29 is 14.6 Å². The van der Waals surface area contributed by atoms with Gasteiger partial charge in [-0.1, -0.05) is 13.0 Å². The maximum absolute atomic E-state index is 9.20. The van der Waals surface area contributed by atoms with Crippen molar-refractivity contribution in [2.24, 2.45) is 0 Å². The first kappa shape index (κ1) is 11.9. The van der Waals surface area contributed by atoms with Crippen LogP contribution >= 0.6 is 0 Å². The predicted molar refractivity (Wildman–Crippen MR) is 59.7 cm³/mol. The van der Waals surface area contributed by atoms with Gasteiger partial charge in [-0.3, -0.25) is 0 Å². The van der Waals surface area contributed by atoms with Gasteiger partial charge in [-0.05, 0) is 24.1 Å². The molecule has 3 nitrogen and oxygen atoms in total. The molecule has 1 aromatic carbocycles. The first-order valence-electron chi connectivity index (χ1n) is 5.09. The van der Waals surface area contributed by atoms with E-state index in [1.54, 1.807) is 14.2 Å². The van der Waals surface area contributed by atoms with E-state index < -0.39 is 0 Å². The molecule has 1 rings (SSSR count). The quantitative estimate of drug-likeness (QED) is 0.809. The lowest BCUT2D eigenvalue weighted by atomic mass is 9.97. The number of methoxy groups -OCH3 is 2. The third kappa shape index (κ3) is 2.63. The number of hydrogen-bond donors (Lipinski definition) is 1. The fraction of sp³-hybridized carbons (Fsp3) is 0.500. The highest BCUT2D eigenvalue weighted by Gasteiger charge is 2.11. The predicted octanol–water partition coefficient (Wildman–Crippen LogP) is 2.19. The van der Waals surface area contributed by atoms with Gasteiger partial charge in [0.1, 0.15) is 0 Å². The molecule has 0 aliphatic rings. The monoisotopic (exact) mass is 210 g/mol. The molecule has 0 heterocycles. The lowest BCUT2D eigenvalue weighted by Crippen LogP contribution is -2.03. The minimum Gasteiger partial charge on any atom is -0.493 e. The minimum absolute atomic E-state index is 0.159. The summed E-state index contributed by atoms with van der Waals surface area (Å²) in [7, 11) is 3.22. The summed E-state index contributed by atoms with van der Waals surface area (Å²) in [5.41, 5.74) is 1.08. The molecule has 0 aliphatic carbocycles. The van der Waals surface area contributed by atoms with E-state index >= 15 is 0 Å². The Morgan fingerprint density at radius 1 is 1.20 bits per heavy atom. The molecular weight excluding hydrogens is 192 g/mol. The Balaban J connectivity index is 3.01. The van der Waals surface area contributed by atoms with E-state index in [1.165, 1.54) is 0 Å². The van der Waals surface area contributed by atoms with Gasteiger partial charge in [0.2, 0.25) is 0 Å². The molecule has 0 saturated carbocycles. The Morgan fingerprint density at radius 3 is 2.33 bits per heavy atom. The van der Waals surface area contributed by atoms with E-state index in [-0.39, 0.29) is 12.5 Å². The van der Waals surface area contributed by atoms with Crippen LogP contribution in [0.15, 0.2) is 18.2 Å². The third-order valence-electron chi connectivity index (χ3n) is 2.59. The summed E-state index contributed by atoms with van der Waals surface area (Å²) in [5, 5.41) is 9.20. The van der Waals surface area contributed by atoms with Crippen LogP contribution in [0.25, 0.3) is 0 Å². The van der Waals surface area contributed by atoms with Crippen molar-refractivity contribution >= 4 is 0 Å². The Labute approximate surface area is 90.6 Å². The van der Waals surface area contributed by atoms with Crippen LogP contribution in [0.4, 0.5) is 0 Å². The second-order valence-electron chi connectivity index (χ2n) is 3.40. The summed E-state index contributed by atoms with van der Waals surface area (Å²) in [6.07, 6.45) is 0.909. The number of benzene rings is 1. The molecule has 0 aromatic heterocycles. The van der Waals surface area contributed by atoms with E-state index in [0.29, 0.717) is 11.5 Å². The van der Waals surface area contributed by atoms with Crippen molar-refractivity contribution in [2.75, 3.05) is 20.8 Å². The summed E-state index contributed by atoms with van der Waals surface area (Å²) in [4.78, 5) is 0. The lowest BCUT2D eigenvalue weighted by Gasteiger charge is -2.14. The van der Waals surface area contributed by atoms with Gasteiger partial charge >= 0.3 is 0 Å². The van der Waals surface area contributed by atoms with Gasteiger partial charge in [-0.25, -0.2) is 0 Å². The summed E-state index contributed by atoms with van der Waals surface area (Å²) in [6.45, 7) is 2.21. The minimum atomic E-state index is 0.159. The Morgan fingerprint density at radius 2 is 1.87 bits per heavy atom. The Bertz CT molecular complexity index is 306. The fourth-order valence-electron chi connectivity index (χ4n) is 1.58. The van der Waals surface area contributed by atoms with Gasteiger partial charge in [-0.2, -0.15) is 0 Å². The van der Waals surface area contributed by atoms with Crippen LogP contribution in [0.1, 0.15) is 24.8 Å². The highest BCUT2D eigenvalue weighted by molar-refractivity contribution is 5.43. The first-order chi connectivity index (χ1) is 7.26.